The summed E-state index contributed by atoms with van der Waals surface area (Å²) in [6.07, 6.45) is 0. The van der Waals surface area contributed by atoms with Gasteiger partial charge in [-0.05, 0) is 57.0 Å². The first-order valence-corrected chi connectivity index (χ1v) is 9.67. The topological polar surface area (TPSA) is 58.2 Å². The van der Waals surface area contributed by atoms with Gasteiger partial charge in [-0.2, -0.15) is 0 Å². The third kappa shape index (κ3) is 5.36. The van der Waals surface area contributed by atoms with Gasteiger partial charge in [0.2, 0.25) is 10.0 Å². The third-order valence-corrected chi connectivity index (χ3v) is 5.60. The Bertz CT molecular complexity index is 821. The number of nitrogens with one attached hydrogen (secondary N) is 2. The zero-order valence-electron chi connectivity index (χ0n) is 15.0. The normalized spacial score (nSPS) is 13.6. The Morgan fingerprint density at radius 1 is 1.12 bits per heavy atom. The molecule has 2 rings (SSSR count). The van der Waals surface area contributed by atoms with Crippen molar-refractivity contribution in [3.05, 3.63) is 65.5 Å². The fourth-order valence-corrected chi connectivity index (χ4v) is 4.17. The van der Waals surface area contributed by atoms with Gasteiger partial charge in [0.1, 0.15) is 5.82 Å². The molecule has 0 heterocycles. The summed E-state index contributed by atoms with van der Waals surface area (Å²) in [6.45, 7) is 7.70. The van der Waals surface area contributed by atoms with Crippen molar-refractivity contribution in [2.45, 2.75) is 44.2 Å². The van der Waals surface area contributed by atoms with E-state index < -0.39 is 21.4 Å². The van der Waals surface area contributed by atoms with Crippen LogP contribution in [0.3, 0.4) is 0 Å². The lowest BCUT2D eigenvalue weighted by Crippen LogP contribution is -2.49. The van der Waals surface area contributed by atoms with Crippen LogP contribution < -0.4 is 10.0 Å². The van der Waals surface area contributed by atoms with Crippen molar-refractivity contribution >= 4 is 10.0 Å². The van der Waals surface area contributed by atoms with Crippen molar-refractivity contribution in [1.82, 2.24) is 10.0 Å². The molecule has 136 valence electrons. The molecule has 0 radical (unpaired) electrons. The van der Waals surface area contributed by atoms with Crippen molar-refractivity contribution in [3.63, 3.8) is 0 Å². The molecule has 1 unspecified atom stereocenters. The molecule has 0 amide bonds. The van der Waals surface area contributed by atoms with Gasteiger partial charge in [0.05, 0.1) is 4.90 Å². The van der Waals surface area contributed by atoms with Crippen molar-refractivity contribution in [2.75, 3.05) is 6.54 Å². The van der Waals surface area contributed by atoms with E-state index in [2.05, 4.69) is 10.0 Å². The average molecular weight is 364 g/mol. The second-order valence-electron chi connectivity index (χ2n) is 6.89. The molecule has 1 atom stereocenters. The van der Waals surface area contributed by atoms with E-state index in [-0.39, 0.29) is 17.5 Å². The van der Waals surface area contributed by atoms with Gasteiger partial charge in [0.25, 0.3) is 0 Å². The van der Waals surface area contributed by atoms with Crippen molar-refractivity contribution in [3.8, 4) is 0 Å². The molecule has 4 nitrogen and oxygen atoms in total. The van der Waals surface area contributed by atoms with Gasteiger partial charge in [0.15, 0.2) is 0 Å². The Labute approximate surface area is 149 Å². The van der Waals surface area contributed by atoms with Crippen LogP contribution in [-0.4, -0.2) is 20.5 Å². The highest BCUT2D eigenvalue weighted by Gasteiger charge is 2.25. The van der Waals surface area contributed by atoms with E-state index in [1.165, 1.54) is 12.1 Å². The Kier molecular flexibility index (Phi) is 5.98. The number of aryl methyl sites for hydroxylation is 1. The van der Waals surface area contributed by atoms with Gasteiger partial charge in [0, 0.05) is 18.1 Å². The molecule has 2 aromatic rings. The number of hydrogen-bond donors (Lipinski definition) is 2. The van der Waals surface area contributed by atoms with Crippen LogP contribution >= 0.6 is 0 Å². The van der Waals surface area contributed by atoms with Crippen LogP contribution in [0.25, 0.3) is 0 Å². The SMILES string of the molecule is Cc1cc(F)ccc1S(=O)(=O)NCC(C)(C)NC(C)c1ccccc1. The summed E-state index contributed by atoms with van der Waals surface area (Å²) in [5.41, 5.74) is 1.06. The molecule has 0 aliphatic rings. The highest BCUT2D eigenvalue weighted by atomic mass is 32.2. The minimum atomic E-state index is -3.70. The van der Waals surface area contributed by atoms with Crippen LogP contribution in [0.15, 0.2) is 53.4 Å². The Hall–Kier alpha value is -1.76. The van der Waals surface area contributed by atoms with Crippen molar-refractivity contribution < 1.29 is 12.8 Å². The van der Waals surface area contributed by atoms with Gasteiger partial charge >= 0.3 is 0 Å². The summed E-state index contributed by atoms with van der Waals surface area (Å²) < 4.78 is 40.8. The fraction of sp³-hybridized carbons (Fsp3) is 0.368. The van der Waals surface area contributed by atoms with Gasteiger partial charge in [-0.15, -0.1) is 0 Å². The second-order valence-corrected chi connectivity index (χ2v) is 8.63. The zero-order valence-corrected chi connectivity index (χ0v) is 15.8. The summed E-state index contributed by atoms with van der Waals surface area (Å²) in [6, 6.07) is 13.7. The Balaban J connectivity index is 2.05. The maximum atomic E-state index is 13.2. The molecule has 25 heavy (non-hydrogen) atoms. The molecule has 2 N–H and O–H groups in total. The number of sulfonamides is 1. The van der Waals surface area contributed by atoms with Crippen LogP contribution in [0.4, 0.5) is 4.39 Å². The molecule has 6 heteroatoms. The first-order chi connectivity index (χ1) is 11.6. The maximum absolute atomic E-state index is 13.2. The summed E-state index contributed by atoms with van der Waals surface area (Å²) in [5.74, 6) is -0.449. The minimum Gasteiger partial charge on any atom is -0.304 e. The second kappa shape index (κ2) is 7.64. The van der Waals surface area contributed by atoms with Gasteiger partial charge in [-0.1, -0.05) is 30.3 Å². The molecule has 0 aromatic heterocycles. The molecule has 0 saturated heterocycles. The lowest BCUT2D eigenvalue weighted by atomic mass is 10.0. The first kappa shape index (κ1) is 19.6. The molecule has 0 fully saturated rings. The lowest BCUT2D eigenvalue weighted by Gasteiger charge is -2.31. The van der Waals surface area contributed by atoms with E-state index in [0.29, 0.717) is 5.56 Å². The molecule has 0 aliphatic carbocycles. The predicted octanol–water partition coefficient (Wildman–Crippen LogP) is 3.54. The Morgan fingerprint density at radius 3 is 2.36 bits per heavy atom. The van der Waals surface area contributed by atoms with E-state index in [1.54, 1.807) is 6.92 Å². The van der Waals surface area contributed by atoms with Gasteiger partial charge in [-0.3, -0.25) is 0 Å². The molecule has 0 aliphatic heterocycles. The molecule has 0 spiro atoms. The smallest absolute Gasteiger partial charge is 0.240 e. The highest BCUT2D eigenvalue weighted by Crippen LogP contribution is 2.18. The summed E-state index contributed by atoms with van der Waals surface area (Å²) >= 11 is 0. The van der Waals surface area contributed by atoms with E-state index in [1.807, 2.05) is 51.1 Å². The highest BCUT2D eigenvalue weighted by molar-refractivity contribution is 7.89. The van der Waals surface area contributed by atoms with E-state index >= 15 is 0 Å². The number of halogens is 1. The summed E-state index contributed by atoms with van der Waals surface area (Å²) in [5, 5.41) is 3.43. The van der Waals surface area contributed by atoms with Crippen molar-refractivity contribution in [2.24, 2.45) is 0 Å². The molecular weight excluding hydrogens is 339 g/mol. The largest absolute Gasteiger partial charge is 0.304 e. The first-order valence-electron chi connectivity index (χ1n) is 8.19. The number of benzene rings is 2. The maximum Gasteiger partial charge on any atom is 0.240 e. The molecule has 0 saturated carbocycles. The predicted molar refractivity (Wildman–Crippen MR) is 98.4 cm³/mol. The Morgan fingerprint density at radius 2 is 1.76 bits per heavy atom. The van der Waals surface area contributed by atoms with Crippen LogP contribution in [-0.2, 0) is 10.0 Å². The van der Waals surface area contributed by atoms with Crippen LogP contribution in [0.2, 0.25) is 0 Å². The minimum absolute atomic E-state index is 0.0771. The van der Waals surface area contributed by atoms with E-state index in [4.69, 9.17) is 0 Å². The molecule has 0 bridgehead atoms. The molecule has 2 aromatic carbocycles. The number of hydrogen-bond acceptors (Lipinski definition) is 3. The van der Waals surface area contributed by atoms with Gasteiger partial charge < -0.3 is 5.32 Å². The summed E-state index contributed by atoms with van der Waals surface area (Å²) in [4.78, 5) is 0.0980. The fourth-order valence-electron chi connectivity index (χ4n) is 2.73. The zero-order chi connectivity index (χ0) is 18.7. The van der Waals surface area contributed by atoms with Gasteiger partial charge in [-0.25, -0.2) is 17.5 Å². The summed E-state index contributed by atoms with van der Waals surface area (Å²) in [7, 11) is -3.70. The van der Waals surface area contributed by atoms with E-state index in [0.717, 1.165) is 11.6 Å². The standard InChI is InChI=1S/C19H25FN2O2S/c1-14-12-17(20)10-11-18(14)25(23,24)21-13-19(3,4)22-15(2)16-8-6-5-7-9-16/h5-12,15,21-22H,13H2,1-4H3. The van der Waals surface area contributed by atoms with Crippen LogP contribution in [0.5, 0.6) is 0 Å². The van der Waals surface area contributed by atoms with Crippen molar-refractivity contribution in [1.29, 1.82) is 0 Å². The van der Waals surface area contributed by atoms with E-state index in [9.17, 15) is 12.8 Å². The monoisotopic (exact) mass is 364 g/mol. The quantitative estimate of drug-likeness (QED) is 0.790. The lowest BCUT2D eigenvalue weighted by molar-refractivity contribution is 0.346. The molecular formula is C19H25FN2O2S. The third-order valence-electron chi connectivity index (χ3n) is 4.04. The average Bonchev–Trinajstić information content (AvgIpc) is 2.53. The van der Waals surface area contributed by atoms with Crippen LogP contribution in [0.1, 0.15) is 37.9 Å². The van der Waals surface area contributed by atoms with Crippen LogP contribution in [0, 0.1) is 12.7 Å². The number of rotatable bonds is 7.